The van der Waals surface area contributed by atoms with Gasteiger partial charge in [-0.2, -0.15) is 5.10 Å². The molecule has 0 amide bonds. The first kappa shape index (κ1) is 23.0. The molecule has 2 aromatic heterocycles. The maximum absolute atomic E-state index is 5.64. The fourth-order valence-corrected chi connectivity index (χ4v) is 5.29. The molecule has 0 atom stereocenters. The zero-order chi connectivity index (χ0) is 24.5. The molecule has 5 rings (SSSR count). The number of piperazine rings is 1. The molecule has 0 aliphatic carbocycles. The van der Waals surface area contributed by atoms with Gasteiger partial charge < -0.3 is 23.8 Å². The van der Waals surface area contributed by atoms with E-state index in [4.69, 9.17) is 14.6 Å². The van der Waals surface area contributed by atoms with Crippen molar-refractivity contribution in [3.63, 3.8) is 0 Å². The number of hydrogen-bond donors (Lipinski definition) is 0. The monoisotopic (exact) mass is 471 g/mol. The topological polar surface area (TPSA) is 55.7 Å². The van der Waals surface area contributed by atoms with Crippen LogP contribution in [0.25, 0.3) is 16.5 Å². The second-order valence-electron chi connectivity index (χ2n) is 8.94. The number of rotatable bonds is 6. The molecule has 1 aliphatic heterocycles. The fraction of sp³-hybridized carbons (Fsp3) is 0.357. The number of anilines is 2. The number of fused-ring (bicyclic) bond motifs is 1. The van der Waals surface area contributed by atoms with Crippen LogP contribution in [0.1, 0.15) is 24.0 Å². The summed E-state index contributed by atoms with van der Waals surface area (Å²) in [5, 5.41) is 11.7. The Morgan fingerprint density at radius 2 is 1.46 bits per heavy atom. The van der Waals surface area contributed by atoms with Gasteiger partial charge >= 0.3 is 0 Å². The maximum atomic E-state index is 5.64. The van der Waals surface area contributed by atoms with Gasteiger partial charge in [0.15, 0.2) is 5.82 Å². The van der Waals surface area contributed by atoms with Crippen molar-refractivity contribution < 1.29 is 9.47 Å². The molecule has 182 valence electrons. The highest BCUT2D eigenvalue weighted by Gasteiger charge is 2.26. The van der Waals surface area contributed by atoms with Crippen molar-refractivity contribution in [3.05, 3.63) is 65.6 Å². The number of para-hydroxylation sites is 2. The quantitative estimate of drug-likeness (QED) is 0.391. The number of nitrogens with zero attached hydrogens (tertiary/aromatic N) is 5. The molecule has 7 heteroatoms. The standard InChI is InChI=1S/C28H33N5O2/c1-6-35-23-13-11-22(12-14-23)33-20(3)26-19(2)29-30-28(27(26)21(33)4)32-17-15-31(16-18-32)24-9-7-8-10-25(24)34-5/h7-14H,6,15-18H2,1-5H3. The molecular formula is C28H33N5O2. The molecule has 0 spiro atoms. The molecule has 3 heterocycles. The van der Waals surface area contributed by atoms with Crippen LogP contribution in [0.2, 0.25) is 0 Å². The van der Waals surface area contributed by atoms with Crippen molar-refractivity contribution in [2.24, 2.45) is 0 Å². The number of hydrogen-bond acceptors (Lipinski definition) is 6. The second kappa shape index (κ2) is 9.49. The number of aromatic nitrogens is 3. The van der Waals surface area contributed by atoms with Gasteiger partial charge in [0.1, 0.15) is 11.5 Å². The van der Waals surface area contributed by atoms with Crippen molar-refractivity contribution in [1.82, 2.24) is 14.8 Å². The summed E-state index contributed by atoms with van der Waals surface area (Å²) >= 11 is 0. The fourth-order valence-electron chi connectivity index (χ4n) is 5.29. The van der Waals surface area contributed by atoms with E-state index in [1.165, 1.54) is 22.2 Å². The van der Waals surface area contributed by atoms with Gasteiger partial charge in [-0.25, -0.2) is 0 Å². The first-order chi connectivity index (χ1) is 17.0. The summed E-state index contributed by atoms with van der Waals surface area (Å²) in [6.45, 7) is 12.6. The molecule has 0 N–H and O–H groups in total. The van der Waals surface area contributed by atoms with Gasteiger partial charge in [-0.3, -0.25) is 0 Å². The highest BCUT2D eigenvalue weighted by molar-refractivity contribution is 5.98. The molecule has 0 radical (unpaired) electrons. The molecular weight excluding hydrogens is 438 g/mol. The van der Waals surface area contributed by atoms with Crippen LogP contribution in [0.5, 0.6) is 11.5 Å². The van der Waals surface area contributed by atoms with E-state index in [2.05, 4.69) is 57.6 Å². The van der Waals surface area contributed by atoms with E-state index in [0.29, 0.717) is 6.61 Å². The molecule has 0 unspecified atom stereocenters. The predicted octanol–water partition coefficient (Wildman–Crippen LogP) is 5.08. The van der Waals surface area contributed by atoms with Crippen molar-refractivity contribution in [3.8, 4) is 17.2 Å². The zero-order valence-electron chi connectivity index (χ0n) is 21.2. The third-order valence-corrected chi connectivity index (χ3v) is 6.94. The lowest BCUT2D eigenvalue weighted by Gasteiger charge is -2.37. The van der Waals surface area contributed by atoms with E-state index < -0.39 is 0 Å². The van der Waals surface area contributed by atoms with E-state index in [1.807, 2.05) is 38.1 Å². The van der Waals surface area contributed by atoms with Crippen LogP contribution in [0, 0.1) is 20.8 Å². The van der Waals surface area contributed by atoms with E-state index in [-0.39, 0.29) is 0 Å². The molecule has 1 aliphatic rings. The highest BCUT2D eigenvalue weighted by atomic mass is 16.5. The van der Waals surface area contributed by atoms with Crippen LogP contribution in [0.15, 0.2) is 48.5 Å². The number of methoxy groups -OCH3 is 1. The molecule has 4 aromatic rings. The molecule has 35 heavy (non-hydrogen) atoms. The summed E-state index contributed by atoms with van der Waals surface area (Å²) in [4.78, 5) is 4.76. The zero-order valence-corrected chi connectivity index (χ0v) is 21.2. The summed E-state index contributed by atoms with van der Waals surface area (Å²) in [7, 11) is 1.73. The van der Waals surface area contributed by atoms with Gasteiger partial charge in [-0.05, 0) is 64.1 Å². The third kappa shape index (κ3) is 4.05. The minimum absolute atomic E-state index is 0.662. The van der Waals surface area contributed by atoms with Crippen molar-refractivity contribution in [2.45, 2.75) is 27.7 Å². The van der Waals surface area contributed by atoms with E-state index in [0.717, 1.165) is 60.6 Å². The Bertz CT molecular complexity index is 1340. The molecule has 1 fully saturated rings. The van der Waals surface area contributed by atoms with Crippen LogP contribution in [0.3, 0.4) is 0 Å². The summed E-state index contributed by atoms with van der Waals surface area (Å²) < 4.78 is 13.5. The molecule has 2 aromatic carbocycles. The highest BCUT2D eigenvalue weighted by Crippen LogP contribution is 2.37. The van der Waals surface area contributed by atoms with Crippen LogP contribution in [-0.2, 0) is 0 Å². The first-order valence-electron chi connectivity index (χ1n) is 12.2. The van der Waals surface area contributed by atoms with Gasteiger partial charge in [0.05, 0.1) is 25.1 Å². The van der Waals surface area contributed by atoms with E-state index >= 15 is 0 Å². The lowest BCUT2D eigenvalue weighted by Crippen LogP contribution is -2.47. The molecule has 0 bridgehead atoms. The van der Waals surface area contributed by atoms with Gasteiger partial charge in [0, 0.05) is 54.0 Å². The first-order valence-corrected chi connectivity index (χ1v) is 12.2. The molecule has 0 saturated carbocycles. The van der Waals surface area contributed by atoms with Crippen LogP contribution in [0.4, 0.5) is 11.5 Å². The van der Waals surface area contributed by atoms with Gasteiger partial charge in [-0.1, -0.05) is 12.1 Å². The molecule has 7 nitrogen and oxygen atoms in total. The Hall–Kier alpha value is -3.74. The Labute approximate surface area is 206 Å². The lowest BCUT2D eigenvalue weighted by atomic mass is 10.1. The summed E-state index contributed by atoms with van der Waals surface area (Å²) in [6, 6.07) is 16.5. The van der Waals surface area contributed by atoms with Crippen LogP contribution >= 0.6 is 0 Å². The minimum Gasteiger partial charge on any atom is -0.495 e. The number of ether oxygens (including phenoxy) is 2. The Morgan fingerprint density at radius 3 is 2.14 bits per heavy atom. The number of benzene rings is 2. The van der Waals surface area contributed by atoms with Gasteiger partial charge in [0.2, 0.25) is 0 Å². The smallest absolute Gasteiger partial charge is 0.161 e. The van der Waals surface area contributed by atoms with Crippen molar-refractivity contribution in [1.29, 1.82) is 0 Å². The third-order valence-electron chi connectivity index (χ3n) is 6.94. The average Bonchev–Trinajstić information content (AvgIpc) is 3.16. The summed E-state index contributed by atoms with van der Waals surface area (Å²) in [5.41, 5.74) is 5.58. The average molecular weight is 472 g/mol. The summed E-state index contributed by atoms with van der Waals surface area (Å²) in [5.74, 6) is 2.77. The summed E-state index contributed by atoms with van der Waals surface area (Å²) in [6.07, 6.45) is 0. The largest absolute Gasteiger partial charge is 0.495 e. The van der Waals surface area contributed by atoms with Crippen LogP contribution < -0.4 is 19.3 Å². The lowest BCUT2D eigenvalue weighted by molar-refractivity contribution is 0.340. The van der Waals surface area contributed by atoms with E-state index in [9.17, 15) is 0 Å². The van der Waals surface area contributed by atoms with Crippen molar-refractivity contribution in [2.75, 3.05) is 49.7 Å². The second-order valence-corrected chi connectivity index (χ2v) is 8.94. The minimum atomic E-state index is 0.662. The Balaban J connectivity index is 1.49. The van der Waals surface area contributed by atoms with Crippen LogP contribution in [-0.4, -0.2) is 54.7 Å². The van der Waals surface area contributed by atoms with E-state index in [1.54, 1.807) is 7.11 Å². The normalized spacial score (nSPS) is 14.0. The molecule has 1 saturated heterocycles. The maximum Gasteiger partial charge on any atom is 0.161 e. The Morgan fingerprint density at radius 1 is 0.800 bits per heavy atom. The number of aryl methyl sites for hydroxylation is 3. The Kier molecular flexibility index (Phi) is 6.24. The van der Waals surface area contributed by atoms with Gasteiger partial charge in [-0.15, -0.1) is 5.10 Å². The SMILES string of the molecule is CCOc1ccc(-n2c(C)c3c(C)nnc(N4CCN(c5ccccc5OC)CC4)c3c2C)cc1. The predicted molar refractivity (Wildman–Crippen MR) is 142 cm³/mol. The van der Waals surface area contributed by atoms with Gasteiger partial charge in [0.25, 0.3) is 0 Å². The van der Waals surface area contributed by atoms with Crippen molar-refractivity contribution >= 4 is 22.3 Å².